The summed E-state index contributed by atoms with van der Waals surface area (Å²) in [7, 11) is 1.59. The molecule has 138 valence electrons. The van der Waals surface area contributed by atoms with E-state index in [2.05, 4.69) is 11.6 Å². The van der Waals surface area contributed by atoms with Crippen molar-refractivity contribution in [3.05, 3.63) is 68.9 Å². The second-order valence-corrected chi connectivity index (χ2v) is 7.41. The van der Waals surface area contributed by atoms with Gasteiger partial charge in [0.05, 0.1) is 16.7 Å². The number of hydrogen-bond acceptors (Lipinski definition) is 6. The van der Waals surface area contributed by atoms with Gasteiger partial charge in [0.25, 0.3) is 5.91 Å². The predicted molar refractivity (Wildman–Crippen MR) is 107 cm³/mol. The summed E-state index contributed by atoms with van der Waals surface area (Å²) in [5.41, 5.74) is 0.856. The van der Waals surface area contributed by atoms with E-state index in [1.54, 1.807) is 19.3 Å². The lowest BCUT2D eigenvalue weighted by Crippen LogP contribution is -2.15. The fraction of sp³-hybridized carbons (Fsp3) is 0.111. The van der Waals surface area contributed by atoms with Crippen molar-refractivity contribution in [2.75, 3.05) is 7.11 Å². The number of hydrogen-bond donors (Lipinski definition) is 0. The third-order valence-corrected chi connectivity index (χ3v) is 5.63. The van der Waals surface area contributed by atoms with Crippen LogP contribution in [0, 0.1) is 10.1 Å². The van der Waals surface area contributed by atoms with E-state index < -0.39 is 10.8 Å². The van der Waals surface area contributed by atoms with E-state index in [9.17, 15) is 14.9 Å². The molecule has 7 nitrogen and oxygen atoms in total. The van der Waals surface area contributed by atoms with Gasteiger partial charge >= 0.3 is 5.00 Å². The Bertz CT molecular complexity index is 1120. The number of carbonyl (C=O) groups is 1. The van der Waals surface area contributed by atoms with Crippen LogP contribution in [0.3, 0.4) is 0 Å². The summed E-state index contributed by atoms with van der Waals surface area (Å²) in [6.07, 6.45) is 4.55. The van der Waals surface area contributed by atoms with Crippen LogP contribution < -0.4 is 9.54 Å². The molecule has 9 heteroatoms. The molecule has 0 saturated heterocycles. The number of fused-ring (bicyclic) bond motifs is 1. The van der Waals surface area contributed by atoms with Gasteiger partial charge in [-0.2, -0.15) is 4.99 Å². The second-order valence-electron chi connectivity index (χ2n) is 5.31. The number of rotatable bonds is 6. The average Bonchev–Trinajstić information content (AvgIpc) is 3.25. The first kappa shape index (κ1) is 18.7. The van der Waals surface area contributed by atoms with Crippen LogP contribution in [0.5, 0.6) is 5.75 Å². The van der Waals surface area contributed by atoms with Gasteiger partial charge in [0.2, 0.25) is 0 Å². The van der Waals surface area contributed by atoms with Crippen LogP contribution in [0.25, 0.3) is 16.3 Å². The van der Waals surface area contributed by atoms with Gasteiger partial charge in [-0.05, 0) is 24.3 Å². The Morgan fingerprint density at radius 1 is 1.37 bits per heavy atom. The third kappa shape index (κ3) is 4.04. The van der Waals surface area contributed by atoms with E-state index in [4.69, 9.17) is 4.74 Å². The molecule has 0 bridgehead atoms. The highest BCUT2D eigenvalue weighted by atomic mass is 32.1. The van der Waals surface area contributed by atoms with Crippen molar-refractivity contribution in [1.29, 1.82) is 0 Å². The number of nitrogens with zero attached hydrogens (tertiary/aromatic N) is 3. The lowest BCUT2D eigenvalue weighted by molar-refractivity contribution is -0.380. The zero-order valence-electron chi connectivity index (χ0n) is 14.3. The first-order valence-electron chi connectivity index (χ1n) is 7.81. The monoisotopic (exact) mass is 401 g/mol. The molecule has 0 unspecified atom stereocenters. The molecule has 0 aliphatic carbocycles. The van der Waals surface area contributed by atoms with Gasteiger partial charge in [-0.25, -0.2) is 0 Å². The first-order valence-corrected chi connectivity index (χ1v) is 9.45. The smallest absolute Gasteiger partial charge is 0.324 e. The summed E-state index contributed by atoms with van der Waals surface area (Å²) in [6.45, 7) is 4.24. The predicted octanol–water partition coefficient (Wildman–Crippen LogP) is 4.01. The fourth-order valence-electron chi connectivity index (χ4n) is 2.46. The first-order chi connectivity index (χ1) is 13.0. The molecule has 0 aliphatic rings. The van der Waals surface area contributed by atoms with E-state index in [1.165, 1.54) is 29.6 Å². The number of para-hydroxylation sites is 1. The molecule has 3 rings (SSSR count). The zero-order valence-corrected chi connectivity index (χ0v) is 16.0. The van der Waals surface area contributed by atoms with Crippen LogP contribution in [0.2, 0.25) is 0 Å². The summed E-state index contributed by atoms with van der Waals surface area (Å²) < 4.78 is 8.23. The van der Waals surface area contributed by atoms with Crippen molar-refractivity contribution in [3.8, 4) is 5.75 Å². The minimum absolute atomic E-state index is 0.0273. The van der Waals surface area contributed by atoms with Gasteiger partial charge in [0, 0.05) is 23.6 Å². The van der Waals surface area contributed by atoms with Crippen molar-refractivity contribution in [2.24, 2.45) is 4.99 Å². The number of thiazole rings is 1. The average molecular weight is 401 g/mol. The normalized spacial score (nSPS) is 12.0. The number of methoxy groups -OCH3 is 1. The minimum Gasteiger partial charge on any atom is -0.495 e. The number of thiophene rings is 1. The Kier molecular flexibility index (Phi) is 5.63. The molecule has 1 amide bonds. The van der Waals surface area contributed by atoms with Gasteiger partial charge in [-0.15, -0.1) is 6.58 Å². The molecule has 2 heterocycles. The molecule has 27 heavy (non-hydrogen) atoms. The highest BCUT2D eigenvalue weighted by Gasteiger charge is 2.11. The molecule has 0 radical (unpaired) electrons. The SMILES string of the molecule is C=CCn1c(=NC(=O)/C=C/c2ccc([N+](=O)[O-])s2)sc2cccc(OC)c21. The van der Waals surface area contributed by atoms with Crippen molar-refractivity contribution in [3.63, 3.8) is 0 Å². The van der Waals surface area contributed by atoms with E-state index in [0.29, 0.717) is 22.0 Å². The van der Waals surface area contributed by atoms with Gasteiger partial charge in [-0.3, -0.25) is 14.9 Å². The van der Waals surface area contributed by atoms with Gasteiger partial charge in [-0.1, -0.05) is 34.8 Å². The number of allylic oxidation sites excluding steroid dienone is 1. The van der Waals surface area contributed by atoms with Crippen LogP contribution in [0.4, 0.5) is 5.00 Å². The number of ether oxygens (including phenoxy) is 1. The molecule has 0 N–H and O–H groups in total. The standard InChI is InChI=1S/C18H15N3O4S2/c1-3-11-20-17-13(25-2)5-4-6-14(17)27-18(20)19-15(22)9-7-12-8-10-16(26-12)21(23)24/h3-10H,1,11H2,2H3/b9-7+,19-18?. The topological polar surface area (TPSA) is 86.7 Å². The Morgan fingerprint density at radius 2 is 2.19 bits per heavy atom. The molecule has 2 aromatic heterocycles. The number of amides is 1. The van der Waals surface area contributed by atoms with E-state index in [0.717, 1.165) is 21.6 Å². The number of aromatic nitrogens is 1. The Hall–Kier alpha value is -3.04. The van der Waals surface area contributed by atoms with Crippen LogP contribution in [-0.2, 0) is 11.3 Å². The molecule has 0 fully saturated rings. The van der Waals surface area contributed by atoms with E-state index in [1.807, 2.05) is 22.8 Å². The highest BCUT2D eigenvalue weighted by Crippen LogP contribution is 2.27. The maximum Gasteiger partial charge on any atom is 0.324 e. The van der Waals surface area contributed by atoms with Crippen molar-refractivity contribution < 1.29 is 14.5 Å². The summed E-state index contributed by atoms with van der Waals surface area (Å²) in [4.78, 5) is 27.8. The molecule has 0 aliphatic heterocycles. The Balaban J connectivity index is 1.97. The summed E-state index contributed by atoms with van der Waals surface area (Å²) >= 11 is 2.38. The Morgan fingerprint density at radius 3 is 2.85 bits per heavy atom. The molecule has 0 saturated carbocycles. The number of benzene rings is 1. The van der Waals surface area contributed by atoms with Crippen LogP contribution in [0.15, 0.2) is 54.1 Å². The van der Waals surface area contributed by atoms with Crippen LogP contribution in [0.1, 0.15) is 4.88 Å². The molecule has 3 aromatic rings. The quantitative estimate of drug-likeness (QED) is 0.270. The van der Waals surface area contributed by atoms with Gasteiger partial charge in [0.1, 0.15) is 11.3 Å². The lowest BCUT2D eigenvalue weighted by Gasteiger charge is -2.05. The summed E-state index contributed by atoms with van der Waals surface area (Å²) in [6, 6.07) is 8.66. The largest absolute Gasteiger partial charge is 0.495 e. The van der Waals surface area contributed by atoms with E-state index in [-0.39, 0.29) is 5.00 Å². The third-order valence-electron chi connectivity index (χ3n) is 3.58. The van der Waals surface area contributed by atoms with Crippen molar-refractivity contribution in [1.82, 2.24) is 4.57 Å². The van der Waals surface area contributed by atoms with E-state index >= 15 is 0 Å². The van der Waals surface area contributed by atoms with Crippen LogP contribution >= 0.6 is 22.7 Å². The minimum atomic E-state index is -0.461. The summed E-state index contributed by atoms with van der Waals surface area (Å²) in [5, 5.41) is 10.7. The second kappa shape index (κ2) is 8.11. The maximum absolute atomic E-state index is 12.3. The highest BCUT2D eigenvalue weighted by molar-refractivity contribution is 7.16. The molecule has 0 spiro atoms. The molecule has 0 atom stereocenters. The Labute approximate surface area is 162 Å². The summed E-state index contributed by atoms with van der Waals surface area (Å²) in [5.74, 6) is 0.246. The van der Waals surface area contributed by atoms with Crippen LogP contribution in [-0.4, -0.2) is 22.5 Å². The molecular formula is C18H15N3O4S2. The zero-order chi connectivity index (χ0) is 19.4. The molecular weight excluding hydrogens is 386 g/mol. The van der Waals surface area contributed by atoms with Crippen molar-refractivity contribution in [2.45, 2.75) is 6.54 Å². The van der Waals surface area contributed by atoms with Gasteiger partial charge in [0.15, 0.2) is 4.80 Å². The molecule has 1 aromatic carbocycles. The van der Waals surface area contributed by atoms with Crippen molar-refractivity contribution >= 4 is 49.9 Å². The fourth-order valence-corrected chi connectivity index (χ4v) is 4.25. The lowest BCUT2D eigenvalue weighted by atomic mass is 10.3. The number of nitro groups is 1. The number of carbonyl (C=O) groups excluding carboxylic acids is 1. The van der Waals surface area contributed by atoms with Gasteiger partial charge < -0.3 is 9.30 Å². The maximum atomic E-state index is 12.3.